The van der Waals surface area contributed by atoms with Crippen molar-refractivity contribution in [1.29, 1.82) is 0 Å². The third-order valence-corrected chi connectivity index (χ3v) is 13.0. The summed E-state index contributed by atoms with van der Waals surface area (Å²) in [6, 6.07) is 75.7. The molecule has 0 saturated carbocycles. The van der Waals surface area contributed by atoms with Crippen molar-refractivity contribution in [3.63, 3.8) is 0 Å². The molecule has 2 heterocycles. The first kappa shape index (κ1) is 34.6. The van der Waals surface area contributed by atoms with Crippen molar-refractivity contribution in [3.05, 3.63) is 235 Å². The minimum absolute atomic E-state index is 0.353. The van der Waals surface area contributed by atoms with E-state index in [1.54, 1.807) is 0 Å². The number of fused-ring (bicyclic) bond motifs is 13. The summed E-state index contributed by atoms with van der Waals surface area (Å²) in [6.07, 6.45) is 0. The van der Waals surface area contributed by atoms with Gasteiger partial charge in [0.15, 0.2) is 17.5 Å². The highest BCUT2D eigenvalue weighted by Crippen LogP contribution is 2.63. The molecule has 0 bridgehead atoms. The van der Waals surface area contributed by atoms with Crippen LogP contribution in [0.4, 0.5) is 0 Å². The van der Waals surface area contributed by atoms with Gasteiger partial charge in [-0.25, -0.2) is 15.0 Å². The van der Waals surface area contributed by atoms with Crippen LogP contribution in [-0.4, -0.2) is 15.0 Å². The van der Waals surface area contributed by atoms with Crippen LogP contribution in [0.25, 0.3) is 101 Å². The Hall–Kier alpha value is -8.21. The number of benzene rings is 9. The monoisotopic (exact) mass is 789 g/mol. The molecule has 0 aliphatic heterocycles. The molecule has 4 nitrogen and oxygen atoms in total. The highest BCUT2D eigenvalue weighted by molar-refractivity contribution is 6.13. The van der Waals surface area contributed by atoms with Gasteiger partial charge in [0, 0.05) is 27.5 Å². The van der Waals surface area contributed by atoms with Crippen LogP contribution in [0.1, 0.15) is 22.3 Å². The van der Waals surface area contributed by atoms with Gasteiger partial charge in [0.2, 0.25) is 0 Å². The highest BCUT2D eigenvalue weighted by atomic mass is 16.3. The maximum Gasteiger partial charge on any atom is 0.164 e. The molecule has 288 valence electrons. The number of hydrogen-bond acceptors (Lipinski definition) is 4. The summed E-state index contributed by atoms with van der Waals surface area (Å²) < 4.78 is 6.51. The molecule has 2 aromatic heterocycles. The molecule has 0 N–H and O–H groups in total. The average Bonchev–Trinajstić information content (AvgIpc) is 3.98. The lowest BCUT2D eigenvalue weighted by Crippen LogP contribution is -2.25. The number of hydrogen-bond donors (Lipinski definition) is 0. The molecule has 2 aliphatic rings. The van der Waals surface area contributed by atoms with Crippen molar-refractivity contribution in [1.82, 2.24) is 15.0 Å². The van der Waals surface area contributed by atoms with Gasteiger partial charge in [-0.3, -0.25) is 0 Å². The largest absolute Gasteiger partial charge is 0.456 e. The predicted octanol–water partition coefficient (Wildman–Crippen LogP) is 14.4. The van der Waals surface area contributed by atoms with E-state index in [0.29, 0.717) is 17.5 Å². The van der Waals surface area contributed by atoms with Gasteiger partial charge in [0.25, 0.3) is 0 Å². The second-order valence-corrected chi connectivity index (χ2v) is 16.3. The van der Waals surface area contributed by atoms with E-state index >= 15 is 0 Å². The molecule has 2 aliphatic carbocycles. The zero-order valence-electron chi connectivity index (χ0n) is 33.5. The van der Waals surface area contributed by atoms with E-state index in [9.17, 15) is 0 Å². The lowest BCUT2D eigenvalue weighted by Gasteiger charge is -2.30. The summed E-state index contributed by atoms with van der Waals surface area (Å²) in [4.78, 5) is 15.1. The summed E-state index contributed by atoms with van der Waals surface area (Å²) in [5.74, 6) is 1.85. The van der Waals surface area contributed by atoms with Crippen LogP contribution in [0.15, 0.2) is 217 Å². The second-order valence-electron chi connectivity index (χ2n) is 16.3. The summed E-state index contributed by atoms with van der Waals surface area (Å²) >= 11 is 0. The summed E-state index contributed by atoms with van der Waals surface area (Å²) in [5, 5.41) is 1.99. The Balaban J connectivity index is 0.933. The molecular formula is C58H35N3O. The number of rotatable bonds is 5. The maximum atomic E-state index is 6.51. The number of aromatic nitrogens is 3. The van der Waals surface area contributed by atoms with Crippen LogP contribution in [0, 0.1) is 0 Å². The van der Waals surface area contributed by atoms with Gasteiger partial charge in [0.05, 0.1) is 5.41 Å². The van der Waals surface area contributed by atoms with E-state index in [2.05, 4.69) is 140 Å². The van der Waals surface area contributed by atoms with Crippen LogP contribution in [-0.2, 0) is 5.41 Å². The maximum absolute atomic E-state index is 6.51. The van der Waals surface area contributed by atoms with Gasteiger partial charge in [-0.1, -0.05) is 182 Å². The van der Waals surface area contributed by atoms with Gasteiger partial charge >= 0.3 is 0 Å². The lowest BCUT2D eigenvalue weighted by molar-refractivity contribution is 0.669. The summed E-state index contributed by atoms with van der Waals surface area (Å²) in [5.41, 5.74) is 19.2. The molecule has 13 rings (SSSR count). The molecule has 9 aromatic carbocycles. The fourth-order valence-corrected chi connectivity index (χ4v) is 10.3. The van der Waals surface area contributed by atoms with Crippen LogP contribution in [0.5, 0.6) is 0 Å². The van der Waals surface area contributed by atoms with E-state index in [-0.39, 0.29) is 5.41 Å². The third-order valence-electron chi connectivity index (χ3n) is 13.0. The molecule has 0 amide bonds. The Morgan fingerprint density at radius 1 is 0.290 bits per heavy atom. The highest BCUT2D eigenvalue weighted by Gasteiger charge is 2.51. The molecule has 62 heavy (non-hydrogen) atoms. The first-order valence-corrected chi connectivity index (χ1v) is 21.1. The summed E-state index contributed by atoms with van der Waals surface area (Å²) in [6.45, 7) is 0. The lowest BCUT2D eigenvalue weighted by atomic mass is 9.70. The molecule has 4 heteroatoms. The molecule has 0 radical (unpaired) electrons. The van der Waals surface area contributed by atoms with Crippen molar-refractivity contribution in [2.24, 2.45) is 0 Å². The van der Waals surface area contributed by atoms with Crippen molar-refractivity contribution >= 4 is 21.9 Å². The minimum Gasteiger partial charge on any atom is -0.456 e. The fourth-order valence-electron chi connectivity index (χ4n) is 10.3. The first-order valence-electron chi connectivity index (χ1n) is 21.1. The van der Waals surface area contributed by atoms with Gasteiger partial charge < -0.3 is 4.42 Å². The van der Waals surface area contributed by atoms with Crippen molar-refractivity contribution in [3.8, 4) is 78.7 Å². The quantitative estimate of drug-likeness (QED) is 0.174. The molecule has 0 fully saturated rings. The van der Waals surface area contributed by atoms with E-state index < -0.39 is 0 Å². The molecule has 0 atom stereocenters. The van der Waals surface area contributed by atoms with Gasteiger partial charge in [0.1, 0.15) is 11.2 Å². The van der Waals surface area contributed by atoms with Gasteiger partial charge in [-0.15, -0.1) is 0 Å². The molecule has 1 spiro atoms. The van der Waals surface area contributed by atoms with Gasteiger partial charge in [-0.05, 0) is 97.1 Å². The van der Waals surface area contributed by atoms with E-state index in [1.807, 2.05) is 72.8 Å². The standard InChI is InChI=1S/C58H35N3O/c1-3-15-36(16-4-1)55-59-56(37-17-5-2-6-18-37)61-57(60-55)45-24-14-28-53-54(45)47-35-41(30-32-52(47)62-53)39-20-13-19-38(33-39)40-29-31-51-46(34-40)44-23-9-12-27-50(44)58(51)48-25-10-7-21-42(48)43-22-8-11-26-49(43)58/h1-35H. The molecular weight excluding hydrogens is 755 g/mol. The predicted molar refractivity (Wildman–Crippen MR) is 251 cm³/mol. The van der Waals surface area contributed by atoms with E-state index in [1.165, 1.54) is 55.6 Å². The SMILES string of the molecule is c1ccc(-c2nc(-c3ccccc3)nc(-c3cccc4oc5ccc(-c6cccc(-c7ccc8c(c7)-c7ccccc7C87c8ccccc8-c8ccccc87)c6)cc5c34)n2)cc1. The zero-order valence-corrected chi connectivity index (χ0v) is 33.5. The number of nitrogens with zero attached hydrogens (tertiary/aromatic N) is 3. The van der Waals surface area contributed by atoms with E-state index in [4.69, 9.17) is 19.4 Å². The Kier molecular flexibility index (Phi) is 7.49. The molecule has 0 unspecified atom stereocenters. The summed E-state index contributed by atoms with van der Waals surface area (Å²) in [7, 11) is 0. The first-order chi connectivity index (χ1) is 30.7. The Labute approximate surface area is 358 Å². The molecule has 11 aromatic rings. The third kappa shape index (κ3) is 5.04. The Bertz CT molecular complexity index is 3490. The van der Waals surface area contributed by atoms with Crippen LogP contribution < -0.4 is 0 Å². The Morgan fingerprint density at radius 3 is 1.37 bits per heavy atom. The topological polar surface area (TPSA) is 51.8 Å². The Morgan fingerprint density at radius 2 is 0.742 bits per heavy atom. The smallest absolute Gasteiger partial charge is 0.164 e. The van der Waals surface area contributed by atoms with Crippen LogP contribution in [0.2, 0.25) is 0 Å². The molecule has 0 saturated heterocycles. The average molecular weight is 790 g/mol. The van der Waals surface area contributed by atoms with E-state index in [0.717, 1.165) is 49.8 Å². The van der Waals surface area contributed by atoms with Crippen LogP contribution in [0.3, 0.4) is 0 Å². The fraction of sp³-hybridized carbons (Fsp3) is 0.0172. The minimum atomic E-state index is -0.353. The normalized spacial score (nSPS) is 13.0. The number of furan rings is 1. The van der Waals surface area contributed by atoms with Gasteiger partial charge in [-0.2, -0.15) is 0 Å². The van der Waals surface area contributed by atoms with Crippen molar-refractivity contribution < 1.29 is 4.42 Å². The second kappa shape index (κ2) is 13.4. The van der Waals surface area contributed by atoms with Crippen molar-refractivity contribution in [2.45, 2.75) is 5.41 Å². The zero-order chi connectivity index (χ0) is 40.8. The van der Waals surface area contributed by atoms with Crippen LogP contribution >= 0.6 is 0 Å². The van der Waals surface area contributed by atoms with Crippen molar-refractivity contribution in [2.75, 3.05) is 0 Å².